The molecule has 1 heterocycles. The molecule has 0 saturated heterocycles. The van der Waals surface area contributed by atoms with E-state index in [1.54, 1.807) is 30.6 Å². The third-order valence-electron chi connectivity index (χ3n) is 4.20. The second-order valence-corrected chi connectivity index (χ2v) is 8.35. The highest BCUT2D eigenvalue weighted by Gasteiger charge is 2.23. The van der Waals surface area contributed by atoms with Crippen LogP contribution in [0.25, 0.3) is 0 Å². The van der Waals surface area contributed by atoms with Crippen molar-refractivity contribution in [2.75, 3.05) is 13.6 Å². The van der Waals surface area contributed by atoms with Crippen molar-refractivity contribution in [2.45, 2.75) is 24.3 Å². The summed E-state index contributed by atoms with van der Waals surface area (Å²) in [5, 5.41) is 2.87. The molecule has 1 aromatic carbocycles. The standard InChI is InChI=1S/C18H21N3O3S/c1-21(13-15-3-2-10-19-11-15)25(23,24)17-8-6-16(7-9-17)18(22)20-12-14-4-5-14/h2-3,6-11,14H,4-5,12-13H2,1H3,(H,20,22). The molecule has 6 nitrogen and oxygen atoms in total. The number of sulfonamides is 1. The van der Waals surface area contributed by atoms with Gasteiger partial charge in [0.2, 0.25) is 10.0 Å². The minimum absolute atomic E-state index is 0.164. The van der Waals surface area contributed by atoms with Crippen LogP contribution >= 0.6 is 0 Å². The van der Waals surface area contributed by atoms with Crippen molar-refractivity contribution in [3.8, 4) is 0 Å². The maximum Gasteiger partial charge on any atom is 0.251 e. The zero-order valence-corrected chi connectivity index (χ0v) is 14.9. The van der Waals surface area contributed by atoms with Gasteiger partial charge in [-0.15, -0.1) is 0 Å². The number of nitrogens with one attached hydrogen (secondary N) is 1. The molecule has 2 aromatic rings. The molecule has 132 valence electrons. The van der Waals surface area contributed by atoms with Gasteiger partial charge in [0.1, 0.15) is 0 Å². The summed E-state index contributed by atoms with van der Waals surface area (Å²) in [6.45, 7) is 0.923. The molecule has 0 bridgehead atoms. The molecule has 25 heavy (non-hydrogen) atoms. The molecular formula is C18H21N3O3S. The SMILES string of the molecule is CN(Cc1cccnc1)S(=O)(=O)c1ccc(C(=O)NCC2CC2)cc1. The van der Waals surface area contributed by atoms with Gasteiger partial charge in [-0.2, -0.15) is 4.31 Å². The first-order chi connectivity index (χ1) is 12.0. The van der Waals surface area contributed by atoms with Crippen LogP contribution in [-0.4, -0.2) is 37.2 Å². The first kappa shape index (κ1) is 17.6. The first-order valence-corrected chi connectivity index (χ1v) is 9.64. The third-order valence-corrected chi connectivity index (χ3v) is 6.02. The van der Waals surface area contributed by atoms with Crippen molar-refractivity contribution in [3.63, 3.8) is 0 Å². The smallest absolute Gasteiger partial charge is 0.251 e. The van der Waals surface area contributed by atoms with E-state index in [2.05, 4.69) is 10.3 Å². The molecule has 1 aromatic heterocycles. The fraction of sp³-hybridized carbons (Fsp3) is 0.333. The second-order valence-electron chi connectivity index (χ2n) is 6.30. The zero-order chi connectivity index (χ0) is 17.9. The van der Waals surface area contributed by atoms with E-state index in [0.717, 1.165) is 5.56 Å². The van der Waals surface area contributed by atoms with Gasteiger partial charge in [-0.1, -0.05) is 6.07 Å². The number of carbonyl (C=O) groups is 1. The largest absolute Gasteiger partial charge is 0.352 e. The maximum absolute atomic E-state index is 12.6. The quantitative estimate of drug-likeness (QED) is 0.820. The molecular weight excluding hydrogens is 338 g/mol. The van der Waals surface area contributed by atoms with Crippen LogP contribution in [-0.2, 0) is 16.6 Å². The van der Waals surface area contributed by atoms with Crippen molar-refractivity contribution >= 4 is 15.9 Å². The van der Waals surface area contributed by atoms with Gasteiger partial charge < -0.3 is 5.32 Å². The number of rotatable bonds is 7. The fourth-order valence-electron chi connectivity index (χ4n) is 2.45. The molecule has 1 amide bonds. The Morgan fingerprint density at radius 1 is 1.24 bits per heavy atom. The van der Waals surface area contributed by atoms with E-state index in [4.69, 9.17) is 0 Å². The van der Waals surface area contributed by atoms with Crippen molar-refractivity contribution < 1.29 is 13.2 Å². The lowest BCUT2D eigenvalue weighted by molar-refractivity contribution is 0.0951. The Morgan fingerprint density at radius 3 is 2.56 bits per heavy atom. The van der Waals surface area contributed by atoms with Crippen molar-refractivity contribution in [2.24, 2.45) is 5.92 Å². The van der Waals surface area contributed by atoms with Crippen LogP contribution in [0, 0.1) is 5.92 Å². The highest BCUT2D eigenvalue weighted by atomic mass is 32.2. The number of benzene rings is 1. The van der Waals surface area contributed by atoms with Gasteiger partial charge in [0.15, 0.2) is 0 Å². The Bertz CT molecular complexity index is 832. The van der Waals surface area contributed by atoms with Crippen LogP contribution in [0.4, 0.5) is 0 Å². The van der Waals surface area contributed by atoms with E-state index in [9.17, 15) is 13.2 Å². The Balaban J connectivity index is 1.67. The summed E-state index contributed by atoms with van der Waals surface area (Å²) in [6.07, 6.45) is 5.62. The Kier molecular flexibility index (Phi) is 5.15. The molecule has 1 aliphatic rings. The van der Waals surface area contributed by atoms with Crippen LogP contribution in [0.1, 0.15) is 28.8 Å². The average molecular weight is 359 g/mol. The fourth-order valence-corrected chi connectivity index (χ4v) is 3.61. The predicted molar refractivity (Wildman–Crippen MR) is 94.4 cm³/mol. The lowest BCUT2D eigenvalue weighted by Gasteiger charge is -2.17. The van der Waals surface area contributed by atoms with Crippen molar-refractivity contribution in [1.82, 2.24) is 14.6 Å². The summed E-state index contributed by atoms with van der Waals surface area (Å²) in [7, 11) is -2.10. The number of aromatic nitrogens is 1. The Morgan fingerprint density at radius 2 is 1.96 bits per heavy atom. The van der Waals surface area contributed by atoms with Crippen LogP contribution in [0.15, 0.2) is 53.7 Å². The molecule has 0 atom stereocenters. The minimum Gasteiger partial charge on any atom is -0.352 e. The molecule has 0 radical (unpaired) electrons. The number of carbonyl (C=O) groups excluding carboxylic acids is 1. The van der Waals surface area contributed by atoms with E-state index in [1.165, 1.54) is 36.3 Å². The predicted octanol–water partition coefficient (Wildman–Crippen LogP) is 2.04. The van der Waals surface area contributed by atoms with Gasteiger partial charge >= 0.3 is 0 Å². The molecule has 0 aliphatic heterocycles. The van der Waals surface area contributed by atoms with Crippen LogP contribution < -0.4 is 5.32 Å². The Labute approximate surface area is 147 Å². The normalized spacial score (nSPS) is 14.5. The monoisotopic (exact) mass is 359 g/mol. The highest BCUT2D eigenvalue weighted by Crippen LogP contribution is 2.27. The number of nitrogens with zero attached hydrogens (tertiary/aromatic N) is 2. The van der Waals surface area contributed by atoms with E-state index < -0.39 is 10.0 Å². The molecule has 0 unspecified atom stereocenters. The third kappa shape index (κ3) is 4.43. The number of hydrogen-bond acceptors (Lipinski definition) is 4. The maximum atomic E-state index is 12.6. The molecule has 0 spiro atoms. The summed E-state index contributed by atoms with van der Waals surface area (Å²) >= 11 is 0. The van der Waals surface area contributed by atoms with Crippen LogP contribution in [0.5, 0.6) is 0 Å². The summed E-state index contributed by atoms with van der Waals surface area (Å²) < 4.78 is 26.6. The molecule has 1 aliphatic carbocycles. The molecule has 1 fully saturated rings. The van der Waals surface area contributed by atoms with Gasteiger partial charge in [-0.05, 0) is 54.7 Å². The van der Waals surface area contributed by atoms with Gasteiger partial charge in [0.05, 0.1) is 4.90 Å². The summed E-state index contributed by atoms with van der Waals surface area (Å²) in [5.41, 5.74) is 1.28. The minimum atomic E-state index is -3.62. The van der Waals surface area contributed by atoms with Gasteiger partial charge in [0, 0.05) is 38.1 Å². The zero-order valence-electron chi connectivity index (χ0n) is 14.1. The van der Waals surface area contributed by atoms with E-state index >= 15 is 0 Å². The van der Waals surface area contributed by atoms with Crippen molar-refractivity contribution in [3.05, 3.63) is 59.9 Å². The van der Waals surface area contributed by atoms with Gasteiger partial charge in [-0.25, -0.2) is 8.42 Å². The average Bonchev–Trinajstić information content (AvgIpc) is 3.45. The molecule has 1 saturated carbocycles. The van der Waals surface area contributed by atoms with E-state index in [1.807, 2.05) is 6.07 Å². The van der Waals surface area contributed by atoms with Gasteiger partial charge in [-0.3, -0.25) is 9.78 Å². The van der Waals surface area contributed by atoms with E-state index in [-0.39, 0.29) is 17.3 Å². The second kappa shape index (κ2) is 7.33. The molecule has 1 N–H and O–H groups in total. The van der Waals surface area contributed by atoms with Crippen molar-refractivity contribution in [1.29, 1.82) is 0 Å². The highest BCUT2D eigenvalue weighted by molar-refractivity contribution is 7.89. The first-order valence-electron chi connectivity index (χ1n) is 8.20. The lowest BCUT2D eigenvalue weighted by Crippen LogP contribution is -2.27. The summed E-state index contributed by atoms with van der Waals surface area (Å²) in [5.74, 6) is 0.435. The van der Waals surface area contributed by atoms with Crippen LogP contribution in [0.2, 0.25) is 0 Å². The summed E-state index contributed by atoms with van der Waals surface area (Å²) in [4.78, 5) is 16.2. The number of amides is 1. The van der Waals surface area contributed by atoms with Crippen LogP contribution in [0.3, 0.4) is 0 Å². The molecule has 3 rings (SSSR count). The van der Waals surface area contributed by atoms with Gasteiger partial charge in [0.25, 0.3) is 5.91 Å². The lowest BCUT2D eigenvalue weighted by atomic mass is 10.2. The Hall–Kier alpha value is -2.25. The van der Waals surface area contributed by atoms with E-state index in [0.29, 0.717) is 18.0 Å². The number of hydrogen-bond donors (Lipinski definition) is 1. The number of pyridine rings is 1. The molecule has 7 heteroatoms. The topological polar surface area (TPSA) is 79.4 Å². The summed E-state index contributed by atoms with van der Waals surface area (Å²) in [6, 6.07) is 9.64.